The Bertz CT molecular complexity index is 1010. The van der Waals surface area contributed by atoms with Gasteiger partial charge in [0.25, 0.3) is 0 Å². The molecule has 10 radical (unpaired) electrons. The third-order valence-corrected chi connectivity index (χ3v) is 9.40. The molecule has 0 atom stereocenters. The van der Waals surface area contributed by atoms with Crippen molar-refractivity contribution in [1.82, 2.24) is 9.80 Å². The summed E-state index contributed by atoms with van der Waals surface area (Å²) in [6, 6.07) is 21.9. The molecule has 2 aliphatic rings. The molecule has 2 aromatic carbocycles. The maximum absolute atomic E-state index is 13.4. The van der Waals surface area contributed by atoms with E-state index >= 15 is 0 Å². The van der Waals surface area contributed by atoms with Crippen molar-refractivity contribution in [2.45, 2.75) is 79.6 Å². The Balaban J connectivity index is 0.000000349. The first kappa shape index (κ1) is 36.5. The predicted molar refractivity (Wildman–Crippen MR) is 173 cm³/mol. The van der Waals surface area contributed by atoms with Crippen molar-refractivity contribution in [3.8, 4) is 0 Å². The molecule has 2 saturated carbocycles. The number of rotatable bonds is 9. The molecule has 2 aliphatic carbocycles. The molecule has 0 unspecified atom stereocenters. The minimum atomic E-state index is -0.773. The SMILES string of the molecule is CC(C)N(C(=O)[C]1[CH][CH][CH][CH]1)C(C)C.CC(C)N(C(=O)[C]1[CH][CH][CH][C]1P(c1ccccc1)c1ccccc1)C(C)C.[Fe+2]. The van der Waals surface area contributed by atoms with E-state index in [2.05, 4.69) is 82.6 Å². The Kier molecular flexibility index (Phi) is 15.3. The van der Waals surface area contributed by atoms with E-state index in [9.17, 15) is 9.59 Å². The first-order chi connectivity index (χ1) is 19.5. The molecule has 4 nitrogen and oxygen atoms in total. The first-order valence-corrected chi connectivity index (χ1v) is 15.9. The van der Waals surface area contributed by atoms with Gasteiger partial charge in [-0.2, -0.15) is 0 Å². The molecule has 0 spiro atoms. The molecule has 4 rings (SSSR count). The van der Waals surface area contributed by atoms with Crippen molar-refractivity contribution in [1.29, 1.82) is 0 Å². The van der Waals surface area contributed by atoms with Crippen LogP contribution in [0.15, 0.2) is 60.7 Å². The van der Waals surface area contributed by atoms with E-state index in [1.807, 2.05) is 88.2 Å². The van der Waals surface area contributed by atoms with Crippen LogP contribution >= 0.6 is 7.92 Å². The minimum Gasteiger partial charge on any atom is -0.337 e. The number of carbonyl (C=O) groups is 2. The second-order valence-corrected chi connectivity index (χ2v) is 13.5. The predicted octanol–water partition coefficient (Wildman–Crippen LogP) is 6.53. The number of amides is 2. The van der Waals surface area contributed by atoms with Crippen LogP contribution < -0.4 is 10.6 Å². The van der Waals surface area contributed by atoms with Gasteiger partial charge in [0, 0.05) is 29.8 Å². The van der Waals surface area contributed by atoms with E-state index < -0.39 is 7.92 Å². The molecule has 0 saturated heterocycles. The van der Waals surface area contributed by atoms with E-state index in [0.717, 1.165) is 17.5 Å². The Morgan fingerprint density at radius 1 is 0.548 bits per heavy atom. The van der Waals surface area contributed by atoms with Gasteiger partial charge in [0.15, 0.2) is 0 Å². The second-order valence-electron chi connectivity index (χ2n) is 11.3. The monoisotopic (exact) mass is 624 g/mol. The third kappa shape index (κ3) is 9.41. The Morgan fingerprint density at radius 3 is 1.36 bits per heavy atom. The summed E-state index contributed by atoms with van der Waals surface area (Å²) in [6.45, 7) is 16.5. The summed E-state index contributed by atoms with van der Waals surface area (Å²) in [7, 11) is -0.773. The molecule has 0 bridgehead atoms. The number of nitrogens with zero attached hydrogens (tertiary/aromatic N) is 2. The van der Waals surface area contributed by atoms with Gasteiger partial charge in [0.1, 0.15) is 0 Å². The smallest absolute Gasteiger partial charge is 0.337 e. The normalized spacial score (nSPS) is 16.2. The molecule has 2 fully saturated rings. The van der Waals surface area contributed by atoms with Crippen LogP contribution in [0.3, 0.4) is 0 Å². The van der Waals surface area contributed by atoms with Crippen molar-refractivity contribution in [2.24, 2.45) is 0 Å². The minimum absolute atomic E-state index is 0. The molecule has 222 valence electrons. The Hall–Kier alpha value is -1.67. The maximum Gasteiger partial charge on any atom is 2.00 e. The van der Waals surface area contributed by atoms with Gasteiger partial charge in [-0.15, -0.1) is 0 Å². The molecule has 0 N–H and O–H groups in total. The average Bonchev–Trinajstić information content (AvgIpc) is 3.63. The standard InChI is InChI=1S/C24H27NOP.C12H18NO.Fe/c1-18(2)25(19(3)4)24(26)22-16-11-17-23(22)27(20-12-7-5-8-13-20)21-14-9-6-10-15-21;1-9(2)13(10(3)4)12(14)11-7-5-6-8-11;/h5-19H,1-4H3;5-10H,1-4H3;/q;;+2. The number of hydrogen-bond acceptors (Lipinski definition) is 2. The van der Waals surface area contributed by atoms with Gasteiger partial charge >= 0.3 is 17.1 Å². The topological polar surface area (TPSA) is 40.6 Å². The quantitative estimate of drug-likeness (QED) is 0.235. The van der Waals surface area contributed by atoms with Crippen LogP contribution in [-0.4, -0.2) is 45.8 Å². The van der Waals surface area contributed by atoms with Gasteiger partial charge in [0.05, 0.1) is 11.8 Å². The summed E-state index contributed by atoms with van der Waals surface area (Å²) in [6.07, 6.45) is 13.6. The Labute approximate surface area is 268 Å². The second kappa shape index (κ2) is 17.6. The van der Waals surface area contributed by atoms with E-state index in [1.165, 1.54) is 10.6 Å². The molecule has 6 heteroatoms. The number of benzene rings is 2. The molecule has 0 aliphatic heterocycles. The molecular weight excluding hydrogens is 579 g/mol. The number of carbonyl (C=O) groups excluding carboxylic acids is 2. The summed E-state index contributed by atoms with van der Waals surface area (Å²) in [5.41, 5.74) is 1.14. The van der Waals surface area contributed by atoms with E-state index in [1.54, 1.807) is 0 Å². The van der Waals surface area contributed by atoms with E-state index in [-0.39, 0.29) is 53.1 Å². The average molecular weight is 625 g/mol. The van der Waals surface area contributed by atoms with Gasteiger partial charge in [-0.3, -0.25) is 9.59 Å². The van der Waals surface area contributed by atoms with Crippen LogP contribution in [0.4, 0.5) is 0 Å². The third-order valence-electron chi connectivity index (χ3n) is 6.90. The molecule has 42 heavy (non-hydrogen) atoms. The molecule has 0 aromatic heterocycles. The van der Waals surface area contributed by atoms with Crippen molar-refractivity contribution >= 4 is 30.3 Å². The molecular formula is C36H45FeN2O2P+2. The summed E-state index contributed by atoms with van der Waals surface area (Å²) in [4.78, 5) is 29.3. The van der Waals surface area contributed by atoms with Gasteiger partial charge in [-0.25, -0.2) is 0 Å². The van der Waals surface area contributed by atoms with Crippen LogP contribution in [0.2, 0.25) is 0 Å². The fraction of sp³-hybridized carbons (Fsp3) is 0.333. The number of hydrogen-bond donors (Lipinski definition) is 0. The molecule has 2 amide bonds. The van der Waals surface area contributed by atoms with Crippen LogP contribution in [0.5, 0.6) is 0 Å². The van der Waals surface area contributed by atoms with Crippen molar-refractivity contribution in [3.63, 3.8) is 0 Å². The van der Waals surface area contributed by atoms with Crippen molar-refractivity contribution < 1.29 is 26.7 Å². The van der Waals surface area contributed by atoms with E-state index in [4.69, 9.17) is 0 Å². The zero-order chi connectivity index (χ0) is 30.1. The summed E-state index contributed by atoms with van der Waals surface area (Å²) in [5, 5.41) is 2.53. The largest absolute Gasteiger partial charge is 2.00 e. The van der Waals surface area contributed by atoms with Gasteiger partial charge in [-0.05, 0) is 119 Å². The van der Waals surface area contributed by atoms with Gasteiger partial charge in [-0.1, -0.05) is 60.7 Å². The van der Waals surface area contributed by atoms with Crippen molar-refractivity contribution in [2.75, 3.05) is 0 Å². The zero-order valence-electron chi connectivity index (χ0n) is 26.1. The van der Waals surface area contributed by atoms with Gasteiger partial charge in [0.2, 0.25) is 11.8 Å². The fourth-order valence-corrected chi connectivity index (χ4v) is 7.74. The fourth-order valence-electron chi connectivity index (χ4n) is 5.30. The van der Waals surface area contributed by atoms with Crippen molar-refractivity contribution in [3.05, 3.63) is 123 Å². The summed E-state index contributed by atoms with van der Waals surface area (Å²) >= 11 is 0. The van der Waals surface area contributed by atoms with Crippen LogP contribution in [0.1, 0.15) is 55.4 Å². The van der Waals surface area contributed by atoms with E-state index in [0.29, 0.717) is 0 Å². The zero-order valence-corrected chi connectivity index (χ0v) is 28.1. The summed E-state index contributed by atoms with van der Waals surface area (Å²) in [5.74, 6) is 1.86. The first-order valence-electron chi connectivity index (χ1n) is 14.6. The molecule has 2 aromatic rings. The van der Waals surface area contributed by atoms with Gasteiger partial charge < -0.3 is 9.80 Å². The van der Waals surface area contributed by atoms with Crippen LogP contribution in [0.25, 0.3) is 0 Å². The summed E-state index contributed by atoms with van der Waals surface area (Å²) < 4.78 is 0. The maximum atomic E-state index is 13.4. The molecule has 0 heterocycles. The Morgan fingerprint density at radius 2 is 0.952 bits per heavy atom. The van der Waals surface area contributed by atoms with Crippen LogP contribution in [0, 0.1) is 62.4 Å². The van der Waals surface area contributed by atoms with Crippen LogP contribution in [-0.2, 0) is 26.7 Å².